The van der Waals surface area contributed by atoms with Crippen LogP contribution in [0.3, 0.4) is 0 Å². The molecule has 1 aromatic carbocycles. The van der Waals surface area contributed by atoms with Crippen LogP contribution in [-0.2, 0) is 25.1 Å². The molecule has 0 bridgehead atoms. The quantitative estimate of drug-likeness (QED) is 0.143. The van der Waals surface area contributed by atoms with Gasteiger partial charge in [-0.05, 0) is 34.0 Å². The molecule has 0 aliphatic heterocycles. The zero-order chi connectivity index (χ0) is 26.4. The van der Waals surface area contributed by atoms with Gasteiger partial charge in [-0.1, -0.05) is 51.7 Å². The molecular weight excluding hydrogens is 558 g/mol. The third-order valence-electron chi connectivity index (χ3n) is 6.13. The Balaban J connectivity index is 1.79. The lowest BCUT2D eigenvalue weighted by molar-refractivity contribution is 0.0899. The van der Waals surface area contributed by atoms with E-state index in [1.165, 1.54) is 18.4 Å². The van der Waals surface area contributed by atoms with E-state index in [4.69, 9.17) is 4.74 Å². The summed E-state index contributed by atoms with van der Waals surface area (Å²) >= 11 is 4.73. The third-order valence-corrected chi connectivity index (χ3v) is 10.1. The second-order valence-electron chi connectivity index (χ2n) is 10.8. The highest BCUT2D eigenvalue weighted by Crippen LogP contribution is 2.36. The average molecular weight is 591 g/mol. The predicted molar refractivity (Wildman–Crippen MR) is 153 cm³/mol. The van der Waals surface area contributed by atoms with Gasteiger partial charge in [-0.3, -0.25) is 18.7 Å². The zero-order valence-electron chi connectivity index (χ0n) is 21.6. The highest BCUT2D eigenvalue weighted by molar-refractivity contribution is 9.10. The number of hydrogen-bond acceptors (Lipinski definition) is 5. The van der Waals surface area contributed by atoms with Crippen molar-refractivity contribution in [2.45, 2.75) is 52.8 Å². The smallest absolute Gasteiger partial charge is 0.331 e. The van der Waals surface area contributed by atoms with E-state index in [1.54, 1.807) is 4.57 Å². The van der Waals surface area contributed by atoms with Crippen molar-refractivity contribution in [3.05, 3.63) is 66.2 Å². The SMILES string of the molecule is CC(C)Cn1c(=O)n(C)c(=O)c2c(Br)c(C(=O)c3cn(COCC[Si](C)(C)C)c4ccccc34)sc21. The number of ketones is 1. The van der Waals surface area contributed by atoms with Crippen LogP contribution in [0.2, 0.25) is 25.7 Å². The summed E-state index contributed by atoms with van der Waals surface area (Å²) in [6.45, 7) is 12.5. The molecule has 0 unspecified atom stereocenters. The van der Waals surface area contributed by atoms with Gasteiger partial charge in [0.05, 0.1) is 20.3 Å². The number of halogens is 1. The largest absolute Gasteiger partial charge is 0.361 e. The molecular formula is C26H32BrN3O4SSi. The Kier molecular flexibility index (Phi) is 7.62. The van der Waals surface area contributed by atoms with Crippen LogP contribution in [0.4, 0.5) is 0 Å². The van der Waals surface area contributed by atoms with Crippen LogP contribution >= 0.6 is 27.3 Å². The first-order valence-electron chi connectivity index (χ1n) is 12.0. The number of benzene rings is 1. The first kappa shape index (κ1) is 26.8. The van der Waals surface area contributed by atoms with E-state index >= 15 is 0 Å². The molecule has 7 nitrogen and oxygen atoms in total. The highest BCUT2D eigenvalue weighted by Gasteiger charge is 2.26. The maximum absolute atomic E-state index is 13.9. The lowest BCUT2D eigenvalue weighted by Gasteiger charge is -2.15. The highest BCUT2D eigenvalue weighted by atomic mass is 79.9. The van der Waals surface area contributed by atoms with Crippen LogP contribution < -0.4 is 11.2 Å². The number of fused-ring (bicyclic) bond motifs is 2. The minimum atomic E-state index is -1.20. The van der Waals surface area contributed by atoms with Crippen LogP contribution in [0, 0.1) is 5.92 Å². The number of para-hydroxylation sites is 1. The summed E-state index contributed by atoms with van der Waals surface area (Å²) < 4.78 is 11.1. The van der Waals surface area contributed by atoms with Crippen LogP contribution in [0.1, 0.15) is 29.1 Å². The first-order chi connectivity index (χ1) is 16.9. The monoisotopic (exact) mass is 589 g/mol. The van der Waals surface area contributed by atoms with Gasteiger partial charge in [-0.2, -0.15) is 0 Å². The van der Waals surface area contributed by atoms with Crippen molar-refractivity contribution in [3.8, 4) is 0 Å². The van der Waals surface area contributed by atoms with Gasteiger partial charge in [-0.15, -0.1) is 11.3 Å². The van der Waals surface area contributed by atoms with E-state index in [9.17, 15) is 14.4 Å². The molecule has 192 valence electrons. The van der Waals surface area contributed by atoms with Gasteiger partial charge in [0.25, 0.3) is 5.56 Å². The van der Waals surface area contributed by atoms with Gasteiger partial charge >= 0.3 is 5.69 Å². The molecule has 0 radical (unpaired) electrons. The number of carbonyl (C=O) groups is 1. The maximum Gasteiger partial charge on any atom is 0.331 e. The fraction of sp³-hybridized carbons (Fsp3) is 0.423. The molecule has 0 amide bonds. The summed E-state index contributed by atoms with van der Waals surface area (Å²) in [4.78, 5) is 40.7. The molecule has 4 rings (SSSR count). The summed E-state index contributed by atoms with van der Waals surface area (Å²) in [5.74, 6) is 0.00748. The van der Waals surface area contributed by atoms with E-state index < -0.39 is 13.6 Å². The van der Waals surface area contributed by atoms with Crippen LogP contribution in [0.5, 0.6) is 0 Å². The van der Waals surface area contributed by atoms with Gasteiger partial charge in [0.15, 0.2) is 0 Å². The van der Waals surface area contributed by atoms with E-state index in [-0.39, 0.29) is 17.4 Å². The van der Waals surface area contributed by atoms with Crippen molar-refractivity contribution in [2.24, 2.45) is 13.0 Å². The van der Waals surface area contributed by atoms with Crippen molar-refractivity contribution in [1.82, 2.24) is 13.7 Å². The molecule has 36 heavy (non-hydrogen) atoms. The van der Waals surface area contributed by atoms with Gasteiger partial charge in [0.2, 0.25) is 5.78 Å². The van der Waals surface area contributed by atoms with Crippen molar-refractivity contribution in [2.75, 3.05) is 6.61 Å². The van der Waals surface area contributed by atoms with E-state index in [0.29, 0.717) is 45.0 Å². The second kappa shape index (κ2) is 10.2. The van der Waals surface area contributed by atoms with Crippen LogP contribution in [0.25, 0.3) is 21.1 Å². The lowest BCUT2D eigenvalue weighted by atomic mass is 10.1. The van der Waals surface area contributed by atoms with Crippen molar-refractivity contribution >= 4 is 62.2 Å². The summed E-state index contributed by atoms with van der Waals surface area (Å²) in [5, 5.41) is 1.19. The Bertz CT molecular complexity index is 1570. The summed E-state index contributed by atoms with van der Waals surface area (Å²) in [7, 11) is 0.274. The molecule has 3 heterocycles. The fourth-order valence-corrected chi connectivity index (χ4v) is 6.98. The standard InChI is InChI=1S/C26H32BrN3O4SSi/c1-16(2)13-30-25-20(24(32)28(3)26(30)33)21(27)23(35-25)22(31)18-14-29(15-34-11-12-36(4,5)6)19-10-8-7-9-17(18)19/h7-10,14,16H,11-13,15H2,1-6H3. The fourth-order valence-electron chi connectivity index (χ4n) is 4.17. The second-order valence-corrected chi connectivity index (χ2v) is 18.2. The average Bonchev–Trinajstić information content (AvgIpc) is 3.35. The number of carbonyl (C=O) groups excluding carboxylic acids is 1. The summed E-state index contributed by atoms with van der Waals surface area (Å²) in [6, 6.07) is 8.82. The maximum atomic E-state index is 13.9. The van der Waals surface area contributed by atoms with Crippen molar-refractivity contribution < 1.29 is 9.53 Å². The molecule has 0 atom stereocenters. The van der Waals surface area contributed by atoms with Gasteiger partial charge < -0.3 is 9.30 Å². The van der Waals surface area contributed by atoms with E-state index in [0.717, 1.165) is 21.5 Å². The number of thiophene rings is 1. The predicted octanol–water partition coefficient (Wildman–Crippen LogP) is 5.68. The molecule has 10 heteroatoms. The summed E-state index contributed by atoms with van der Waals surface area (Å²) in [5.41, 5.74) is 0.677. The Morgan fingerprint density at radius 2 is 1.86 bits per heavy atom. The van der Waals surface area contributed by atoms with Crippen LogP contribution in [-0.4, -0.2) is 34.2 Å². The van der Waals surface area contributed by atoms with Gasteiger partial charge in [0, 0.05) is 45.4 Å². The normalized spacial score (nSPS) is 12.3. The molecule has 0 spiro atoms. The molecule has 0 aliphatic carbocycles. The number of aromatic nitrogens is 3. The van der Waals surface area contributed by atoms with E-state index in [1.807, 2.05) is 48.9 Å². The lowest BCUT2D eigenvalue weighted by Crippen LogP contribution is -2.38. The molecule has 0 saturated heterocycles. The Hall–Kier alpha value is -2.27. The van der Waals surface area contributed by atoms with E-state index in [2.05, 4.69) is 35.6 Å². The van der Waals surface area contributed by atoms with Crippen LogP contribution in [0.15, 0.2) is 44.5 Å². The minimum Gasteiger partial charge on any atom is -0.361 e. The molecule has 0 N–H and O–H groups in total. The Morgan fingerprint density at radius 3 is 2.53 bits per heavy atom. The first-order valence-corrected chi connectivity index (χ1v) is 17.3. The zero-order valence-corrected chi connectivity index (χ0v) is 25.0. The number of hydrogen-bond donors (Lipinski definition) is 0. The van der Waals surface area contributed by atoms with Crippen molar-refractivity contribution in [1.29, 1.82) is 0 Å². The van der Waals surface area contributed by atoms with Gasteiger partial charge in [0.1, 0.15) is 11.6 Å². The summed E-state index contributed by atoms with van der Waals surface area (Å²) in [6.07, 6.45) is 1.83. The molecule has 4 aromatic rings. The number of nitrogens with zero attached hydrogens (tertiary/aromatic N) is 3. The topological polar surface area (TPSA) is 75.2 Å². The molecule has 0 fully saturated rings. The van der Waals surface area contributed by atoms with Crippen molar-refractivity contribution in [3.63, 3.8) is 0 Å². The molecule has 0 saturated carbocycles. The molecule has 0 aliphatic rings. The Morgan fingerprint density at radius 1 is 1.17 bits per heavy atom. The molecule has 3 aromatic heterocycles. The number of rotatable bonds is 9. The third kappa shape index (κ3) is 5.09. The minimum absolute atomic E-state index is 0.189. The Labute approximate surface area is 223 Å². The number of ether oxygens (including phenoxy) is 1. The van der Waals surface area contributed by atoms with Gasteiger partial charge in [-0.25, -0.2) is 4.79 Å².